The monoisotopic (exact) mass is 281 g/mol. The lowest BCUT2D eigenvalue weighted by molar-refractivity contribution is 0.229. The Bertz CT molecular complexity index is 431. The molecule has 1 saturated heterocycles. The van der Waals surface area contributed by atoms with Crippen molar-refractivity contribution in [2.24, 2.45) is 0 Å². The van der Waals surface area contributed by atoms with E-state index in [0.717, 1.165) is 45.0 Å². The summed E-state index contributed by atoms with van der Waals surface area (Å²) in [7, 11) is 4.17. The van der Waals surface area contributed by atoms with E-state index in [2.05, 4.69) is 28.8 Å². The molecule has 1 heterocycles. The lowest BCUT2D eigenvalue weighted by atomic mass is 10.1. The molecule has 0 amide bonds. The number of nitrogens with zero attached hydrogens (tertiary/aromatic N) is 3. The predicted octanol–water partition coefficient (Wildman–Crippen LogP) is 1.00. The molecule has 1 aromatic carbocycles. The van der Waals surface area contributed by atoms with E-state index in [0.29, 0.717) is 5.56 Å². The molecule has 0 aromatic heterocycles. The lowest BCUT2D eigenvalue weighted by Crippen LogP contribution is -2.48. The van der Waals surface area contributed by atoms with Crippen LogP contribution in [0.2, 0.25) is 0 Å². The van der Waals surface area contributed by atoms with Crippen LogP contribution in [0.25, 0.3) is 0 Å². The summed E-state index contributed by atoms with van der Waals surface area (Å²) in [5, 5.41) is 9.15. The average molecular weight is 281 g/mol. The Morgan fingerprint density at radius 3 is 2.45 bits per heavy atom. The van der Waals surface area contributed by atoms with Crippen LogP contribution in [0, 0.1) is 5.82 Å². The quantitative estimate of drug-likeness (QED) is 0.872. The third kappa shape index (κ3) is 4.16. The SMILES string of the molecule is CN(C)CCN1CCN(c2cc(F)cc(CO)c2)CC1. The molecule has 20 heavy (non-hydrogen) atoms. The van der Waals surface area contributed by atoms with Crippen LogP contribution in [0.15, 0.2) is 18.2 Å². The van der Waals surface area contributed by atoms with E-state index in [-0.39, 0.29) is 12.4 Å². The maximum Gasteiger partial charge on any atom is 0.125 e. The van der Waals surface area contributed by atoms with E-state index < -0.39 is 0 Å². The molecule has 0 radical (unpaired) electrons. The van der Waals surface area contributed by atoms with Gasteiger partial charge in [-0.1, -0.05) is 0 Å². The van der Waals surface area contributed by atoms with Crippen LogP contribution in [0.1, 0.15) is 5.56 Å². The van der Waals surface area contributed by atoms with Gasteiger partial charge in [-0.05, 0) is 37.9 Å². The second kappa shape index (κ2) is 7.02. The molecule has 1 fully saturated rings. The predicted molar refractivity (Wildman–Crippen MR) is 79.5 cm³/mol. The smallest absolute Gasteiger partial charge is 0.125 e. The molecule has 0 bridgehead atoms. The molecule has 1 aliphatic rings. The van der Waals surface area contributed by atoms with E-state index in [4.69, 9.17) is 5.11 Å². The van der Waals surface area contributed by atoms with Crippen LogP contribution in [0.3, 0.4) is 0 Å². The number of aliphatic hydroxyl groups excluding tert-OH is 1. The van der Waals surface area contributed by atoms with Crippen molar-refractivity contribution in [3.05, 3.63) is 29.6 Å². The fraction of sp³-hybridized carbons (Fsp3) is 0.600. The fourth-order valence-electron chi connectivity index (χ4n) is 2.48. The van der Waals surface area contributed by atoms with E-state index in [1.165, 1.54) is 6.07 Å². The Morgan fingerprint density at radius 2 is 1.85 bits per heavy atom. The highest BCUT2D eigenvalue weighted by Gasteiger charge is 2.17. The molecular weight excluding hydrogens is 257 g/mol. The second-order valence-electron chi connectivity index (χ2n) is 5.61. The summed E-state index contributed by atoms with van der Waals surface area (Å²) in [5.74, 6) is -0.276. The zero-order chi connectivity index (χ0) is 14.5. The summed E-state index contributed by atoms with van der Waals surface area (Å²) in [6.07, 6.45) is 0. The molecule has 5 heteroatoms. The number of halogens is 1. The summed E-state index contributed by atoms with van der Waals surface area (Å²) in [6.45, 7) is 5.83. The van der Waals surface area contributed by atoms with Gasteiger partial charge in [-0.15, -0.1) is 0 Å². The van der Waals surface area contributed by atoms with E-state index in [1.54, 1.807) is 6.07 Å². The van der Waals surface area contributed by atoms with Gasteiger partial charge in [-0.2, -0.15) is 0 Å². The minimum atomic E-state index is -0.276. The van der Waals surface area contributed by atoms with Gasteiger partial charge >= 0.3 is 0 Å². The van der Waals surface area contributed by atoms with Crippen LogP contribution in [-0.2, 0) is 6.61 Å². The Morgan fingerprint density at radius 1 is 1.15 bits per heavy atom. The number of hydrogen-bond acceptors (Lipinski definition) is 4. The van der Waals surface area contributed by atoms with Gasteiger partial charge in [0, 0.05) is 45.0 Å². The first-order valence-electron chi connectivity index (χ1n) is 7.11. The highest BCUT2D eigenvalue weighted by molar-refractivity contribution is 5.49. The lowest BCUT2D eigenvalue weighted by Gasteiger charge is -2.36. The Hall–Kier alpha value is -1.17. The number of anilines is 1. The Balaban J connectivity index is 1.91. The standard InChI is InChI=1S/C15H24FN3O/c1-17(2)3-4-18-5-7-19(8-6-18)15-10-13(12-20)9-14(16)11-15/h9-11,20H,3-8,12H2,1-2H3. The third-order valence-electron chi connectivity index (χ3n) is 3.73. The Labute approximate surface area is 120 Å². The first-order chi connectivity index (χ1) is 9.58. The van der Waals surface area contributed by atoms with Crippen molar-refractivity contribution in [1.82, 2.24) is 9.80 Å². The Kier molecular flexibility index (Phi) is 5.34. The molecule has 0 unspecified atom stereocenters. The normalized spacial score (nSPS) is 16.9. The van der Waals surface area contributed by atoms with Crippen molar-refractivity contribution in [1.29, 1.82) is 0 Å². The molecule has 112 valence electrons. The summed E-state index contributed by atoms with van der Waals surface area (Å²) in [6, 6.07) is 4.81. The number of likely N-dealkylation sites (N-methyl/N-ethyl adjacent to an activating group) is 1. The maximum atomic E-state index is 13.5. The van der Waals surface area contributed by atoms with Crippen molar-refractivity contribution < 1.29 is 9.50 Å². The van der Waals surface area contributed by atoms with Gasteiger partial charge in [-0.3, -0.25) is 4.90 Å². The van der Waals surface area contributed by atoms with Crippen LogP contribution < -0.4 is 4.90 Å². The zero-order valence-electron chi connectivity index (χ0n) is 12.3. The molecule has 0 aliphatic carbocycles. The molecule has 0 atom stereocenters. The van der Waals surface area contributed by atoms with Crippen molar-refractivity contribution in [2.75, 3.05) is 58.3 Å². The largest absolute Gasteiger partial charge is 0.392 e. The summed E-state index contributed by atoms with van der Waals surface area (Å²) >= 11 is 0. The van der Waals surface area contributed by atoms with E-state index in [9.17, 15) is 4.39 Å². The van der Waals surface area contributed by atoms with Crippen molar-refractivity contribution in [3.8, 4) is 0 Å². The molecule has 1 N–H and O–H groups in total. The fourth-order valence-corrected chi connectivity index (χ4v) is 2.48. The molecule has 0 saturated carbocycles. The van der Waals surface area contributed by atoms with Gasteiger partial charge in [0.1, 0.15) is 5.82 Å². The molecule has 0 spiro atoms. The highest BCUT2D eigenvalue weighted by atomic mass is 19.1. The summed E-state index contributed by atoms with van der Waals surface area (Å²) < 4.78 is 13.5. The van der Waals surface area contributed by atoms with Gasteiger partial charge in [0.15, 0.2) is 0 Å². The zero-order valence-corrected chi connectivity index (χ0v) is 12.3. The number of rotatable bonds is 5. The summed E-state index contributed by atoms with van der Waals surface area (Å²) in [5.41, 5.74) is 1.51. The molecular formula is C15H24FN3O. The van der Waals surface area contributed by atoms with Crippen molar-refractivity contribution >= 4 is 5.69 Å². The van der Waals surface area contributed by atoms with Crippen molar-refractivity contribution in [2.45, 2.75) is 6.61 Å². The van der Waals surface area contributed by atoms with Crippen LogP contribution >= 0.6 is 0 Å². The van der Waals surface area contributed by atoms with Crippen LogP contribution in [0.4, 0.5) is 10.1 Å². The minimum Gasteiger partial charge on any atom is -0.392 e. The van der Waals surface area contributed by atoms with Gasteiger partial charge < -0.3 is 14.9 Å². The number of benzene rings is 1. The van der Waals surface area contributed by atoms with E-state index >= 15 is 0 Å². The van der Waals surface area contributed by atoms with Crippen LogP contribution in [-0.4, -0.2) is 68.3 Å². The topological polar surface area (TPSA) is 30.0 Å². The third-order valence-corrected chi connectivity index (χ3v) is 3.73. The highest BCUT2D eigenvalue weighted by Crippen LogP contribution is 2.20. The first kappa shape index (κ1) is 15.2. The maximum absolute atomic E-state index is 13.5. The van der Waals surface area contributed by atoms with Crippen molar-refractivity contribution in [3.63, 3.8) is 0 Å². The summed E-state index contributed by atoms with van der Waals surface area (Å²) in [4.78, 5) is 6.81. The van der Waals surface area contributed by atoms with Gasteiger partial charge in [-0.25, -0.2) is 4.39 Å². The number of piperazine rings is 1. The molecule has 4 nitrogen and oxygen atoms in total. The number of hydrogen-bond donors (Lipinski definition) is 1. The second-order valence-corrected chi connectivity index (χ2v) is 5.61. The number of aliphatic hydroxyl groups is 1. The van der Waals surface area contributed by atoms with E-state index in [1.807, 2.05) is 6.07 Å². The molecule has 1 aromatic rings. The minimum absolute atomic E-state index is 0.118. The molecule has 1 aliphatic heterocycles. The van der Waals surface area contributed by atoms with Gasteiger partial charge in [0.2, 0.25) is 0 Å². The average Bonchev–Trinajstić information content (AvgIpc) is 2.45. The molecule has 2 rings (SSSR count). The van der Waals surface area contributed by atoms with Gasteiger partial charge in [0.25, 0.3) is 0 Å². The van der Waals surface area contributed by atoms with Crippen LogP contribution in [0.5, 0.6) is 0 Å². The van der Waals surface area contributed by atoms with Gasteiger partial charge in [0.05, 0.1) is 6.61 Å². The first-order valence-corrected chi connectivity index (χ1v) is 7.11.